The van der Waals surface area contributed by atoms with E-state index in [1.807, 2.05) is 91.0 Å². The van der Waals surface area contributed by atoms with Gasteiger partial charge in [-0.3, -0.25) is 9.59 Å². The lowest BCUT2D eigenvalue weighted by Crippen LogP contribution is -2.43. The lowest BCUT2D eigenvalue weighted by atomic mass is 10.0. The van der Waals surface area contributed by atoms with Gasteiger partial charge in [0.25, 0.3) is 0 Å². The number of ether oxygens (including phenoxy) is 3. The van der Waals surface area contributed by atoms with Crippen LogP contribution in [0.2, 0.25) is 0 Å². The Morgan fingerprint density at radius 1 is 0.700 bits per heavy atom. The van der Waals surface area contributed by atoms with E-state index in [4.69, 9.17) is 14.2 Å². The first-order valence-corrected chi connectivity index (χ1v) is 13.0. The number of para-hydroxylation sites is 1. The molecule has 40 heavy (non-hydrogen) atoms. The van der Waals surface area contributed by atoms with Gasteiger partial charge in [-0.25, -0.2) is 0 Å². The SMILES string of the molecule is COc1ccccc1CNC(=O)C(c1ccccc1)N(Cc1ccccc1)C(=O)Cc1ccc(OC)c(OC)c1. The highest BCUT2D eigenvalue weighted by atomic mass is 16.5. The van der Waals surface area contributed by atoms with Crippen LogP contribution in [0.1, 0.15) is 28.3 Å². The van der Waals surface area contributed by atoms with Crippen molar-refractivity contribution < 1.29 is 23.8 Å². The number of benzene rings is 4. The second kappa shape index (κ2) is 13.8. The van der Waals surface area contributed by atoms with E-state index in [0.29, 0.717) is 17.2 Å². The highest BCUT2D eigenvalue weighted by Crippen LogP contribution is 2.30. The molecule has 0 aromatic heterocycles. The lowest BCUT2D eigenvalue weighted by molar-refractivity contribution is -0.141. The summed E-state index contributed by atoms with van der Waals surface area (Å²) in [6.07, 6.45) is 0.0797. The van der Waals surface area contributed by atoms with Gasteiger partial charge in [-0.2, -0.15) is 0 Å². The van der Waals surface area contributed by atoms with Gasteiger partial charge in [-0.1, -0.05) is 84.9 Å². The van der Waals surface area contributed by atoms with Crippen LogP contribution >= 0.6 is 0 Å². The molecule has 0 aliphatic rings. The zero-order valence-corrected chi connectivity index (χ0v) is 23.0. The standard InChI is InChI=1S/C33H34N2O5/c1-38-28-17-11-10-16-27(28)22-34-33(37)32(26-14-8-5-9-15-26)35(23-24-12-6-4-7-13-24)31(36)21-25-18-19-29(39-2)30(20-25)40-3/h4-20,32H,21-23H2,1-3H3,(H,34,37). The normalized spacial score (nSPS) is 11.3. The molecule has 206 valence electrons. The fourth-order valence-corrected chi connectivity index (χ4v) is 4.61. The summed E-state index contributed by atoms with van der Waals surface area (Å²) in [4.78, 5) is 29.6. The van der Waals surface area contributed by atoms with Crippen LogP contribution in [0.4, 0.5) is 0 Å². The van der Waals surface area contributed by atoms with Gasteiger partial charge in [0.05, 0.1) is 27.8 Å². The Kier molecular flexibility index (Phi) is 9.77. The predicted molar refractivity (Wildman–Crippen MR) is 154 cm³/mol. The number of carbonyl (C=O) groups is 2. The maximum atomic E-state index is 14.0. The summed E-state index contributed by atoms with van der Waals surface area (Å²) in [5.74, 6) is 1.32. The Labute approximate surface area is 235 Å². The summed E-state index contributed by atoms with van der Waals surface area (Å²) in [5, 5.41) is 3.04. The first-order valence-electron chi connectivity index (χ1n) is 13.0. The third-order valence-corrected chi connectivity index (χ3v) is 6.64. The molecule has 7 nitrogen and oxygen atoms in total. The van der Waals surface area contributed by atoms with E-state index >= 15 is 0 Å². The molecule has 0 saturated heterocycles. The molecule has 0 fully saturated rings. The largest absolute Gasteiger partial charge is 0.496 e. The Hall–Kier alpha value is -4.78. The zero-order chi connectivity index (χ0) is 28.3. The summed E-state index contributed by atoms with van der Waals surface area (Å²) in [7, 11) is 4.73. The van der Waals surface area contributed by atoms with Crippen LogP contribution in [-0.4, -0.2) is 38.0 Å². The Morgan fingerprint density at radius 2 is 1.32 bits per heavy atom. The van der Waals surface area contributed by atoms with Crippen LogP contribution in [0.5, 0.6) is 17.2 Å². The fourth-order valence-electron chi connectivity index (χ4n) is 4.61. The van der Waals surface area contributed by atoms with Crippen molar-refractivity contribution in [2.24, 2.45) is 0 Å². The average Bonchev–Trinajstić information content (AvgIpc) is 3.00. The van der Waals surface area contributed by atoms with E-state index in [2.05, 4.69) is 5.32 Å². The molecule has 7 heteroatoms. The number of carbonyl (C=O) groups excluding carboxylic acids is 2. The monoisotopic (exact) mass is 538 g/mol. The van der Waals surface area contributed by atoms with Gasteiger partial charge in [0.15, 0.2) is 11.5 Å². The van der Waals surface area contributed by atoms with E-state index < -0.39 is 6.04 Å². The number of nitrogens with zero attached hydrogens (tertiary/aromatic N) is 1. The van der Waals surface area contributed by atoms with Gasteiger partial charge >= 0.3 is 0 Å². The minimum Gasteiger partial charge on any atom is -0.496 e. The summed E-state index contributed by atoms with van der Waals surface area (Å²) in [5.41, 5.74) is 3.23. The van der Waals surface area contributed by atoms with Gasteiger partial charge < -0.3 is 24.4 Å². The highest BCUT2D eigenvalue weighted by Gasteiger charge is 2.31. The highest BCUT2D eigenvalue weighted by molar-refractivity contribution is 5.89. The summed E-state index contributed by atoms with van der Waals surface area (Å²) in [6, 6.07) is 31.1. The number of methoxy groups -OCH3 is 3. The van der Waals surface area contributed by atoms with E-state index in [-0.39, 0.29) is 31.3 Å². The van der Waals surface area contributed by atoms with Gasteiger partial charge in [0.1, 0.15) is 11.8 Å². The Bertz CT molecular complexity index is 1410. The van der Waals surface area contributed by atoms with Crippen LogP contribution in [0.15, 0.2) is 103 Å². The van der Waals surface area contributed by atoms with Crippen LogP contribution in [0, 0.1) is 0 Å². The molecule has 0 aliphatic heterocycles. The lowest BCUT2D eigenvalue weighted by Gasteiger charge is -2.32. The van der Waals surface area contributed by atoms with Crippen LogP contribution in [0.25, 0.3) is 0 Å². The third kappa shape index (κ3) is 6.99. The molecule has 4 rings (SSSR count). The smallest absolute Gasteiger partial charge is 0.247 e. The molecule has 4 aromatic carbocycles. The second-order valence-electron chi connectivity index (χ2n) is 9.22. The van der Waals surface area contributed by atoms with E-state index in [1.54, 1.807) is 38.4 Å². The van der Waals surface area contributed by atoms with Crippen LogP contribution < -0.4 is 19.5 Å². The first kappa shape index (κ1) is 28.2. The van der Waals surface area contributed by atoms with Gasteiger partial charge in [-0.15, -0.1) is 0 Å². The van der Waals surface area contributed by atoms with Crippen molar-refractivity contribution >= 4 is 11.8 Å². The molecular weight excluding hydrogens is 504 g/mol. The van der Waals surface area contributed by atoms with E-state index in [0.717, 1.165) is 22.3 Å². The maximum Gasteiger partial charge on any atom is 0.247 e. The average molecular weight is 539 g/mol. The minimum atomic E-state index is -0.858. The molecule has 0 heterocycles. The molecule has 0 radical (unpaired) electrons. The molecule has 1 N–H and O–H groups in total. The molecule has 0 spiro atoms. The summed E-state index contributed by atoms with van der Waals surface area (Å²) >= 11 is 0. The molecule has 1 unspecified atom stereocenters. The molecule has 1 atom stereocenters. The summed E-state index contributed by atoms with van der Waals surface area (Å²) in [6.45, 7) is 0.518. The third-order valence-electron chi connectivity index (χ3n) is 6.64. The molecule has 0 aliphatic carbocycles. The van der Waals surface area contributed by atoms with Gasteiger partial charge in [-0.05, 0) is 34.9 Å². The number of rotatable bonds is 12. The van der Waals surface area contributed by atoms with Crippen molar-refractivity contribution in [3.8, 4) is 17.2 Å². The van der Waals surface area contributed by atoms with Crippen molar-refractivity contribution in [1.29, 1.82) is 0 Å². The van der Waals surface area contributed by atoms with Gasteiger partial charge in [0, 0.05) is 18.7 Å². The fraction of sp³-hybridized carbons (Fsp3) is 0.212. The van der Waals surface area contributed by atoms with Crippen molar-refractivity contribution in [2.75, 3.05) is 21.3 Å². The molecule has 4 aromatic rings. The molecule has 0 saturated carbocycles. The number of hydrogen-bond donors (Lipinski definition) is 1. The van der Waals surface area contributed by atoms with Crippen molar-refractivity contribution in [2.45, 2.75) is 25.6 Å². The number of hydrogen-bond acceptors (Lipinski definition) is 5. The van der Waals surface area contributed by atoms with Crippen LogP contribution in [-0.2, 0) is 29.1 Å². The maximum absolute atomic E-state index is 14.0. The topological polar surface area (TPSA) is 77.1 Å². The number of nitrogens with one attached hydrogen (secondary N) is 1. The quantitative estimate of drug-likeness (QED) is 0.264. The predicted octanol–water partition coefficient (Wildman–Crippen LogP) is 5.34. The van der Waals surface area contributed by atoms with Gasteiger partial charge in [0.2, 0.25) is 11.8 Å². The second-order valence-corrected chi connectivity index (χ2v) is 9.22. The summed E-state index contributed by atoms with van der Waals surface area (Å²) < 4.78 is 16.2. The van der Waals surface area contributed by atoms with Crippen molar-refractivity contribution in [3.63, 3.8) is 0 Å². The first-order chi connectivity index (χ1) is 19.5. The van der Waals surface area contributed by atoms with Crippen LogP contribution in [0.3, 0.4) is 0 Å². The van der Waals surface area contributed by atoms with Crippen molar-refractivity contribution in [3.05, 3.63) is 125 Å². The van der Waals surface area contributed by atoms with E-state index in [9.17, 15) is 9.59 Å². The zero-order valence-electron chi connectivity index (χ0n) is 23.0. The molecular formula is C33H34N2O5. The molecule has 0 bridgehead atoms. The Morgan fingerprint density at radius 3 is 2.00 bits per heavy atom. The van der Waals surface area contributed by atoms with Crippen molar-refractivity contribution in [1.82, 2.24) is 10.2 Å². The Balaban J connectivity index is 1.68. The van der Waals surface area contributed by atoms with E-state index in [1.165, 1.54) is 0 Å². The minimum absolute atomic E-state index is 0.0797. The molecule has 2 amide bonds. The number of amides is 2.